The van der Waals surface area contributed by atoms with Crippen molar-refractivity contribution >= 4 is 0 Å². The van der Waals surface area contributed by atoms with Crippen molar-refractivity contribution in [3.63, 3.8) is 0 Å². The van der Waals surface area contributed by atoms with E-state index in [-0.39, 0.29) is 0 Å². The highest BCUT2D eigenvalue weighted by molar-refractivity contribution is 5.28. The lowest BCUT2D eigenvalue weighted by atomic mass is 10.1. The van der Waals surface area contributed by atoms with Gasteiger partial charge in [-0.2, -0.15) is 0 Å². The molecule has 0 aliphatic heterocycles. The lowest BCUT2D eigenvalue weighted by Gasteiger charge is -2.07. The molecule has 0 saturated carbocycles. The highest BCUT2D eigenvalue weighted by Crippen LogP contribution is 2.08. The van der Waals surface area contributed by atoms with Gasteiger partial charge in [-0.1, -0.05) is 29.3 Å². The fourth-order valence-corrected chi connectivity index (χ4v) is 2.21. The lowest BCUT2D eigenvalue weighted by molar-refractivity contribution is 0.580. The van der Waals surface area contributed by atoms with Gasteiger partial charge >= 0.3 is 0 Å². The Hall–Kier alpha value is -1.61. The third-order valence-corrected chi connectivity index (χ3v) is 2.94. The lowest BCUT2D eigenvalue weighted by Crippen LogP contribution is -2.16. The molecule has 0 fully saturated rings. The van der Waals surface area contributed by atoms with E-state index in [0.29, 0.717) is 0 Å². The van der Waals surface area contributed by atoms with Crippen LogP contribution in [0.4, 0.5) is 0 Å². The van der Waals surface area contributed by atoms with Crippen LogP contribution in [0.2, 0.25) is 0 Å². The molecule has 0 aliphatic carbocycles. The molecule has 0 spiro atoms. The highest BCUT2D eigenvalue weighted by atomic mass is 15.0. The van der Waals surface area contributed by atoms with Gasteiger partial charge in [0.2, 0.25) is 0 Å². The predicted molar refractivity (Wildman–Crippen MR) is 74.5 cm³/mol. The predicted octanol–water partition coefficient (Wildman–Crippen LogP) is 2.68. The van der Waals surface area contributed by atoms with E-state index in [9.17, 15) is 0 Å². The maximum atomic E-state index is 4.03. The standard InChI is InChI=1S/C15H21N3/c1-13-8-14(2)10-15(9-13)11-16-4-3-6-18-7-5-17-12-18/h5,7-10,12,16H,3-4,6,11H2,1-2H3. The van der Waals surface area contributed by atoms with E-state index in [4.69, 9.17) is 0 Å². The molecule has 1 aromatic carbocycles. The molecule has 3 nitrogen and oxygen atoms in total. The summed E-state index contributed by atoms with van der Waals surface area (Å²) in [7, 11) is 0. The summed E-state index contributed by atoms with van der Waals surface area (Å²) in [6.07, 6.45) is 6.82. The second-order valence-electron chi connectivity index (χ2n) is 4.83. The first-order valence-electron chi connectivity index (χ1n) is 6.48. The van der Waals surface area contributed by atoms with Gasteiger partial charge in [0.05, 0.1) is 6.33 Å². The van der Waals surface area contributed by atoms with Crippen LogP contribution in [0.1, 0.15) is 23.1 Å². The molecule has 0 unspecified atom stereocenters. The largest absolute Gasteiger partial charge is 0.337 e. The molecule has 0 amide bonds. The van der Waals surface area contributed by atoms with E-state index < -0.39 is 0 Å². The Labute approximate surface area is 109 Å². The summed E-state index contributed by atoms with van der Waals surface area (Å²) in [5.74, 6) is 0. The zero-order valence-corrected chi connectivity index (χ0v) is 11.2. The number of aryl methyl sites for hydroxylation is 3. The maximum Gasteiger partial charge on any atom is 0.0945 e. The monoisotopic (exact) mass is 243 g/mol. The fourth-order valence-electron chi connectivity index (χ4n) is 2.21. The van der Waals surface area contributed by atoms with Gasteiger partial charge in [-0.3, -0.25) is 0 Å². The number of hydrogen-bond donors (Lipinski definition) is 1. The number of rotatable bonds is 6. The van der Waals surface area contributed by atoms with Crippen molar-refractivity contribution in [2.45, 2.75) is 33.4 Å². The molecular formula is C15H21N3. The summed E-state index contributed by atoms with van der Waals surface area (Å²) in [6, 6.07) is 6.70. The summed E-state index contributed by atoms with van der Waals surface area (Å²) in [5.41, 5.74) is 4.05. The molecule has 18 heavy (non-hydrogen) atoms. The Morgan fingerprint density at radius 2 is 1.94 bits per heavy atom. The average molecular weight is 243 g/mol. The topological polar surface area (TPSA) is 29.9 Å². The first-order valence-corrected chi connectivity index (χ1v) is 6.48. The van der Waals surface area contributed by atoms with Crippen LogP contribution in [-0.4, -0.2) is 16.1 Å². The van der Waals surface area contributed by atoms with Gasteiger partial charge in [0.15, 0.2) is 0 Å². The molecule has 0 saturated heterocycles. The van der Waals surface area contributed by atoms with E-state index >= 15 is 0 Å². The third-order valence-electron chi connectivity index (χ3n) is 2.94. The quantitative estimate of drug-likeness (QED) is 0.791. The number of imidazole rings is 1. The van der Waals surface area contributed by atoms with E-state index in [1.54, 1.807) is 0 Å². The Kier molecular flexibility index (Phi) is 4.53. The molecule has 1 heterocycles. The number of aromatic nitrogens is 2. The summed E-state index contributed by atoms with van der Waals surface area (Å²) in [6.45, 7) is 7.31. The third kappa shape index (κ3) is 4.00. The number of benzene rings is 1. The number of nitrogens with one attached hydrogen (secondary N) is 1. The minimum Gasteiger partial charge on any atom is -0.337 e. The van der Waals surface area contributed by atoms with Gasteiger partial charge < -0.3 is 9.88 Å². The summed E-state index contributed by atoms with van der Waals surface area (Å²) in [5, 5.41) is 3.48. The Morgan fingerprint density at radius 1 is 1.17 bits per heavy atom. The minimum atomic E-state index is 0.951. The molecule has 2 rings (SSSR count). The smallest absolute Gasteiger partial charge is 0.0945 e. The van der Waals surface area contributed by atoms with Gasteiger partial charge in [-0.05, 0) is 32.4 Å². The zero-order valence-electron chi connectivity index (χ0n) is 11.2. The van der Waals surface area contributed by atoms with Gasteiger partial charge in [0.1, 0.15) is 0 Å². The highest BCUT2D eigenvalue weighted by Gasteiger charge is 1.96. The molecule has 1 N–H and O–H groups in total. The van der Waals surface area contributed by atoms with Crippen LogP contribution in [0.15, 0.2) is 36.9 Å². The normalized spacial score (nSPS) is 10.8. The Balaban J connectivity index is 1.68. The number of nitrogens with zero attached hydrogens (tertiary/aromatic N) is 2. The van der Waals surface area contributed by atoms with Gasteiger partial charge in [0, 0.05) is 25.5 Å². The van der Waals surface area contributed by atoms with Crippen molar-refractivity contribution in [1.82, 2.24) is 14.9 Å². The van der Waals surface area contributed by atoms with Crippen LogP contribution in [0.3, 0.4) is 0 Å². The Bertz CT molecular complexity index is 454. The van der Waals surface area contributed by atoms with Crippen LogP contribution in [0.5, 0.6) is 0 Å². The van der Waals surface area contributed by atoms with E-state index in [1.807, 2.05) is 18.7 Å². The first kappa shape index (κ1) is 12.8. The van der Waals surface area contributed by atoms with Crippen LogP contribution in [0.25, 0.3) is 0 Å². The van der Waals surface area contributed by atoms with E-state index in [2.05, 4.69) is 46.9 Å². The van der Waals surface area contributed by atoms with Crippen molar-refractivity contribution in [1.29, 1.82) is 0 Å². The maximum absolute atomic E-state index is 4.03. The van der Waals surface area contributed by atoms with Crippen LogP contribution in [-0.2, 0) is 13.1 Å². The van der Waals surface area contributed by atoms with E-state index in [0.717, 1.165) is 26.1 Å². The molecular weight excluding hydrogens is 222 g/mol. The molecule has 0 radical (unpaired) electrons. The molecule has 3 heteroatoms. The fraction of sp³-hybridized carbons (Fsp3) is 0.400. The van der Waals surface area contributed by atoms with E-state index in [1.165, 1.54) is 16.7 Å². The Morgan fingerprint density at radius 3 is 2.61 bits per heavy atom. The summed E-state index contributed by atoms with van der Waals surface area (Å²) >= 11 is 0. The molecule has 2 aromatic rings. The second kappa shape index (κ2) is 6.36. The molecule has 1 aromatic heterocycles. The van der Waals surface area contributed by atoms with Crippen LogP contribution >= 0.6 is 0 Å². The van der Waals surface area contributed by atoms with Crippen molar-refractivity contribution in [2.75, 3.05) is 6.54 Å². The molecule has 0 bridgehead atoms. The number of hydrogen-bond acceptors (Lipinski definition) is 2. The summed E-state index contributed by atoms with van der Waals surface area (Å²) < 4.78 is 2.11. The zero-order chi connectivity index (χ0) is 12.8. The van der Waals surface area contributed by atoms with Crippen molar-refractivity contribution < 1.29 is 0 Å². The molecule has 0 atom stereocenters. The first-order chi connectivity index (χ1) is 8.74. The SMILES string of the molecule is Cc1cc(C)cc(CNCCCn2ccnc2)c1. The average Bonchev–Trinajstić information content (AvgIpc) is 2.80. The minimum absolute atomic E-state index is 0.951. The van der Waals surface area contributed by atoms with Crippen molar-refractivity contribution in [2.24, 2.45) is 0 Å². The van der Waals surface area contributed by atoms with Gasteiger partial charge in [0.25, 0.3) is 0 Å². The van der Waals surface area contributed by atoms with Crippen molar-refractivity contribution in [3.05, 3.63) is 53.6 Å². The molecule has 96 valence electrons. The van der Waals surface area contributed by atoms with Crippen LogP contribution in [0, 0.1) is 13.8 Å². The van der Waals surface area contributed by atoms with Gasteiger partial charge in [-0.25, -0.2) is 4.98 Å². The second-order valence-corrected chi connectivity index (χ2v) is 4.83. The molecule has 0 aliphatic rings. The van der Waals surface area contributed by atoms with Gasteiger partial charge in [-0.15, -0.1) is 0 Å². The van der Waals surface area contributed by atoms with Crippen molar-refractivity contribution in [3.8, 4) is 0 Å². The van der Waals surface area contributed by atoms with Crippen LogP contribution < -0.4 is 5.32 Å². The summed E-state index contributed by atoms with van der Waals surface area (Å²) in [4.78, 5) is 4.03.